The van der Waals surface area contributed by atoms with E-state index in [1.54, 1.807) is 60.7 Å². The third-order valence-corrected chi connectivity index (χ3v) is 4.70. The first-order chi connectivity index (χ1) is 16.3. The van der Waals surface area contributed by atoms with Crippen LogP contribution < -0.4 is 0 Å². The zero-order chi connectivity index (χ0) is 24.7. The molecule has 0 radical (unpaired) electrons. The Morgan fingerprint density at radius 2 is 1.18 bits per heavy atom. The molecule has 3 rings (SSSR count). The maximum absolute atomic E-state index is 12.9. The van der Waals surface area contributed by atoms with Gasteiger partial charge in [-0.25, -0.2) is 24.2 Å². The number of carboxylic acid groups (broad SMARTS) is 2. The number of aromatic nitrogens is 1. The van der Waals surface area contributed by atoms with Crippen molar-refractivity contribution in [2.75, 3.05) is 0 Å². The summed E-state index contributed by atoms with van der Waals surface area (Å²) in [5, 5.41) is 29.0. The first kappa shape index (κ1) is 24.1. The number of hydrogen-bond acceptors (Lipinski definition) is 8. The average molecular weight is 465 g/mol. The minimum Gasteiger partial charge on any atom is -0.478 e. The van der Waals surface area contributed by atoms with E-state index >= 15 is 0 Å². The summed E-state index contributed by atoms with van der Waals surface area (Å²) in [6.07, 6.45) is 0. The summed E-state index contributed by atoms with van der Waals surface area (Å²) in [5.41, 5.74) is -2.88. The summed E-state index contributed by atoms with van der Waals surface area (Å²) in [5.74, 6) is -5.98. The fourth-order valence-corrected chi connectivity index (χ4v) is 3.12. The standard InChI is InChI=1S/C24H19NO9/c26-11-16-17(23(31)33-12-14-7-3-1-4-8-14)18(21(27)28)20(22(29)30)25-19(16)24(32)34-13-15-9-5-2-6-10-15/h1-10,26H,11-13H2,(H,27,28)(H,29,30). The van der Waals surface area contributed by atoms with E-state index in [2.05, 4.69) is 4.98 Å². The second-order valence-electron chi connectivity index (χ2n) is 6.93. The second kappa shape index (κ2) is 10.8. The Morgan fingerprint density at radius 3 is 1.62 bits per heavy atom. The molecule has 10 heteroatoms. The van der Waals surface area contributed by atoms with Crippen LogP contribution in [-0.2, 0) is 29.3 Å². The van der Waals surface area contributed by atoms with Crippen molar-refractivity contribution in [3.63, 3.8) is 0 Å². The Kier molecular flexibility index (Phi) is 7.67. The van der Waals surface area contributed by atoms with Gasteiger partial charge in [-0.3, -0.25) is 0 Å². The Bertz CT molecular complexity index is 1220. The molecule has 0 aliphatic heterocycles. The largest absolute Gasteiger partial charge is 0.478 e. The zero-order valence-electron chi connectivity index (χ0n) is 17.6. The fourth-order valence-electron chi connectivity index (χ4n) is 3.12. The Labute approximate surface area is 193 Å². The second-order valence-corrected chi connectivity index (χ2v) is 6.93. The normalized spacial score (nSPS) is 10.4. The first-order valence-corrected chi connectivity index (χ1v) is 9.89. The number of hydrogen-bond donors (Lipinski definition) is 3. The number of pyridine rings is 1. The maximum atomic E-state index is 12.9. The molecule has 0 atom stereocenters. The van der Waals surface area contributed by atoms with Crippen LogP contribution in [0.15, 0.2) is 60.7 Å². The summed E-state index contributed by atoms with van der Waals surface area (Å²) in [6, 6.07) is 17.0. The van der Waals surface area contributed by atoms with Gasteiger partial charge < -0.3 is 24.8 Å². The van der Waals surface area contributed by atoms with Crippen LogP contribution in [0, 0.1) is 0 Å². The molecule has 0 spiro atoms. The minimum absolute atomic E-state index is 0.205. The number of rotatable bonds is 9. The Morgan fingerprint density at radius 1 is 0.676 bits per heavy atom. The molecule has 10 nitrogen and oxygen atoms in total. The van der Waals surface area contributed by atoms with Crippen molar-refractivity contribution < 1.29 is 44.0 Å². The van der Waals surface area contributed by atoms with Gasteiger partial charge in [0.05, 0.1) is 12.2 Å². The van der Waals surface area contributed by atoms with Crippen molar-refractivity contribution in [3.8, 4) is 0 Å². The number of aliphatic hydroxyl groups excluding tert-OH is 1. The van der Waals surface area contributed by atoms with Gasteiger partial charge in [0.1, 0.15) is 18.8 Å². The zero-order valence-corrected chi connectivity index (χ0v) is 17.6. The van der Waals surface area contributed by atoms with Crippen LogP contribution in [0.25, 0.3) is 0 Å². The van der Waals surface area contributed by atoms with Crippen molar-refractivity contribution in [1.82, 2.24) is 4.98 Å². The highest BCUT2D eigenvalue weighted by atomic mass is 16.5. The van der Waals surface area contributed by atoms with E-state index in [0.717, 1.165) is 0 Å². The van der Waals surface area contributed by atoms with Crippen molar-refractivity contribution in [1.29, 1.82) is 0 Å². The number of ether oxygens (including phenoxy) is 2. The van der Waals surface area contributed by atoms with Crippen molar-refractivity contribution in [2.45, 2.75) is 19.8 Å². The van der Waals surface area contributed by atoms with Crippen LogP contribution in [-0.4, -0.2) is 44.2 Å². The minimum atomic E-state index is -1.80. The molecule has 0 aliphatic rings. The first-order valence-electron chi connectivity index (χ1n) is 9.89. The van der Waals surface area contributed by atoms with Crippen molar-refractivity contribution in [3.05, 3.63) is 99.9 Å². The van der Waals surface area contributed by atoms with Gasteiger partial charge in [0.15, 0.2) is 11.4 Å². The molecule has 0 bridgehead atoms. The predicted molar refractivity (Wildman–Crippen MR) is 115 cm³/mol. The van der Waals surface area contributed by atoms with E-state index in [1.165, 1.54) is 0 Å². The monoisotopic (exact) mass is 465 g/mol. The Hall–Kier alpha value is -4.57. The lowest BCUT2D eigenvalue weighted by Crippen LogP contribution is -2.25. The molecule has 34 heavy (non-hydrogen) atoms. The molecule has 0 fully saturated rings. The van der Waals surface area contributed by atoms with E-state index < -0.39 is 58.6 Å². The molecule has 0 amide bonds. The summed E-state index contributed by atoms with van der Waals surface area (Å²) in [6.45, 7) is -1.47. The quantitative estimate of drug-likeness (QED) is 0.401. The molecule has 3 aromatic rings. The van der Waals surface area contributed by atoms with Crippen LogP contribution in [0.4, 0.5) is 0 Å². The molecule has 0 aliphatic carbocycles. The molecule has 1 aromatic heterocycles. The van der Waals surface area contributed by atoms with Gasteiger partial charge in [-0.1, -0.05) is 60.7 Å². The smallest absolute Gasteiger partial charge is 0.357 e. The van der Waals surface area contributed by atoms with E-state index in [0.29, 0.717) is 11.1 Å². The van der Waals surface area contributed by atoms with Crippen LogP contribution in [0.3, 0.4) is 0 Å². The van der Waals surface area contributed by atoms with Crippen LogP contribution in [0.1, 0.15) is 58.4 Å². The molecule has 3 N–H and O–H groups in total. The van der Waals surface area contributed by atoms with E-state index in [1.807, 2.05) is 0 Å². The number of aromatic carboxylic acids is 2. The SMILES string of the molecule is O=C(OCc1ccccc1)c1nc(C(=O)O)c(C(=O)O)c(C(=O)OCc2ccccc2)c1CO. The number of nitrogens with zero attached hydrogens (tertiary/aromatic N) is 1. The summed E-state index contributed by atoms with van der Waals surface area (Å²) in [4.78, 5) is 52.8. The molecule has 1 heterocycles. The molecular formula is C24H19NO9. The molecule has 0 unspecified atom stereocenters. The highest BCUT2D eigenvalue weighted by Gasteiger charge is 2.34. The van der Waals surface area contributed by atoms with E-state index in [9.17, 15) is 34.5 Å². The molecule has 174 valence electrons. The van der Waals surface area contributed by atoms with E-state index in [-0.39, 0.29) is 13.2 Å². The van der Waals surface area contributed by atoms with Gasteiger partial charge in [-0.2, -0.15) is 0 Å². The van der Waals surface area contributed by atoms with Crippen LogP contribution in [0.5, 0.6) is 0 Å². The summed E-state index contributed by atoms with van der Waals surface area (Å²) >= 11 is 0. The maximum Gasteiger partial charge on any atom is 0.357 e. The van der Waals surface area contributed by atoms with Gasteiger partial charge in [0.25, 0.3) is 0 Å². The number of carbonyl (C=O) groups excluding carboxylic acids is 2. The number of esters is 2. The van der Waals surface area contributed by atoms with Crippen LogP contribution in [0.2, 0.25) is 0 Å². The summed E-state index contributed by atoms with van der Waals surface area (Å²) in [7, 11) is 0. The highest BCUT2D eigenvalue weighted by Crippen LogP contribution is 2.25. The number of aliphatic hydroxyl groups is 1. The molecular weight excluding hydrogens is 446 g/mol. The van der Waals surface area contributed by atoms with Crippen molar-refractivity contribution in [2.24, 2.45) is 0 Å². The average Bonchev–Trinajstić information content (AvgIpc) is 2.85. The predicted octanol–water partition coefficient (Wildman–Crippen LogP) is 2.68. The number of carboxylic acids is 2. The van der Waals surface area contributed by atoms with Gasteiger partial charge >= 0.3 is 23.9 Å². The Balaban J connectivity index is 2.04. The van der Waals surface area contributed by atoms with Crippen LogP contribution >= 0.6 is 0 Å². The van der Waals surface area contributed by atoms with Gasteiger partial charge in [-0.05, 0) is 11.1 Å². The third kappa shape index (κ3) is 5.43. The number of benzene rings is 2. The van der Waals surface area contributed by atoms with Crippen molar-refractivity contribution >= 4 is 23.9 Å². The topological polar surface area (TPSA) is 160 Å². The molecule has 2 aromatic carbocycles. The molecule has 0 saturated carbocycles. The van der Waals surface area contributed by atoms with E-state index in [4.69, 9.17) is 9.47 Å². The lowest BCUT2D eigenvalue weighted by atomic mass is 9.98. The lowest BCUT2D eigenvalue weighted by molar-refractivity contribution is 0.0448. The fraction of sp³-hybridized carbons (Fsp3) is 0.125. The highest BCUT2D eigenvalue weighted by molar-refractivity contribution is 6.11. The van der Waals surface area contributed by atoms with Gasteiger partial charge in [-0.15, -0.1) is 0 Å². The third-order valence-electron chi connectivity index (χ3n) is 4.70. The van der Waals surface area contributed by atoms with Gasteiger partial charge in [0.2, 0.25) is 0 Å². The number of carbonyl (C=O) groups is 4. The van der Waals surface area contributed by atoms with Gasteiger partial charge in [0, 0.05) is 5.56 Å². The lowest BCUT2D eigenvalue weighted by Gasteiger charge is -2.16. The molecule has 0 saturated heterocycles. The summed E-state index contributed by atoms with van der Waals surface area (Å²) < 4.78 is 10.3.